The molecule has 0 spiro atoms. The standard InChI is InChI=1S/C59H48/c1-59(2)53-26-14-13-17-43(53)44-34-33-42(36-54(44)59)58-51-24-11-7-20-47(51)56(48-21-8-12-25-52(48)58)39-30-28-38(29-31-39)55-45-18-5-9-22-49(45)57(50-23-10-6-19-46(50)55)41-32-27-37-15-3-4-16-40(37)35-41/h3,5-15,17-28,30,32-36,45,47,49,51H,4,16,29,31H2,1-2H3. The predicted octanol–water partition coefficient (Wildman–Crippen LogP) is 10.7. The zero-order valence-electron chi connectivity index (χ0n) is 34.0. The smallest absolute Gasteiger partial charge is 0.0159 e. The fraction of sp³-hybridized carbons (Fsp3) is 0.186. The molecule has 0 heteroatoms. The highest BCUT2D eigenvalue weighted by Gasteiger charge is 2.38. The van der Waals surface area contributed by atoms with Gasteiger partial charge in [-0.3, -0.25) is 0 Å². The summed E-state index contributed by atoms with van der Waals surface area (Å²) in [5, 5.41) is 5.57. The lowest BCUT2D eigenvalue weighted by molar-refractivity contribution is 0.657. The third kappa shape index (κ3) is 5.28. The van der Waals surface area contributed by atoms with Gasteiger partial charge >= 0.3 is 0 Å². The van der Waals surface area contributed by atoms with Crippen LogP contribution in [0, 0.1) is 23.7 Å². The molecule has 4 atom stereocenters. The Labute approximate surface area is 348 Å². The highest BCUT2D eigenvalue weighted by Crippen LogP contribution is 2.51. The van der Waals surface area contributed by atoms with Gasteiger partial charge in [-0.15, -0.1) is 0 Å². The van der Waals surface area contributed by atoms with Gasteiger partial charge in [0, 0.05) is 29.1 Å². The summed E-state index contributed by atoms with van der Waals surface area (Å²) in [5.41, 5.74) is 20.1. The Morgan fingerprint density at radius 3 is 1.54 bits per heavy atom. The molecule has 59 heavy (non-hydrogen) atoms. The van der Waals surface area contributed by atoms with Crippen LogP contribution in [0.25, 0.3) is 39.5 Å². The minimum atomic E-state index is -0.0361. The van der Waals surface area contributed by atoms with Crippen LogP contribution in [-0.2, 0) is 11.8 Å². The molecular weight excluding hydrogens is 709 g/mol. The van der Waals surface area contributed by atoms with E-state index >= 15 is 0 Å². The van der Waals surface area contributed by atoms with Crippen molar-refractivity contribution in [1.82, 2.24) is 0 Å². The van der Waals surface area contributed by atoms with Crippen LogP contribution in [-0.4, -0.2) is 0 Å². The van der Waals surface area contributed by atoms with Crippen LogP contribution in [0.1, 0.15) is 66.5 Å². The van der Waals surface area contributed by atoms with Gasteiger partial charge < -0.3 is 0 Å². The largest absolute Gasteiger partial charge is 0.0836 e. The van der Waals surface area contributed by atoms with Crippen molar-refractivity contribution in [1.29, 1.82) is 0 Å². The molecule has 5 aromatic rings. The van der Waals surface area contributed by atoms with Crippen LogP contribution in [0.2, 0.25) is 0 Å². The lowest BCUT2D eigenvalue weighted by atomic mass is 9.67. The monoisotopic (exact) mass is 756 g/mol. The summed E-state index contributed by atoms with van der Waals surface area (Å²) in [4.78, 5) is 0. The van der Waals surface area contributed by atoms with Crippen LogP contribution in [0.4, 0.5) is 0 Å². The van der Waals surface area contributed by atoms with E-state index in [0.29, 0.717) is 11.8 Å². The molecule has 0 aromatic heterocycles. The van der Waals surface area contributed by atoms with Crippen molar-refractivity contribution >= 4 is 28.4 Å². The molecule has 284 valence electrons. The average molecular weight is 757 g/mol. The van der Waals surface area contributed by atoms with Gasteiger partial charge in [0.1, 0.15) is 0 Å². The first-order chi connectivity index (χ1) is 29.0. The number of fused-ring (bicyclic) bond motifs is 8. The van der Waals surface area contributed by atoms with Crippen LogP contribution in [0.5, 0.6) is 0 Å². The first-order valence-corrected chi connectivity index (χ1v) is 21.9. The molecule has 4 unspecified atom stereocenters. The highest BCUT2D eigenvalue weighted by molar-refractivity contribution is 5.87. The highest BCUT2D eigenvalue weighted by atomic mass is 14.4. The minimum absolute atomic E-state index is 0.0361. The molecule has 0 N–H and O–H groups in total. The number of allylic oxidation sites excluding steroid dienone is 13. The van der Waals surface area contributed by atoms with Crippen molar-refractivity contribution in [2.45, 2.75) is 44.9 Å². The van der Waals surface area contributed by atoms with Crippen LogP contribution in [0.3, 0.4) is 0 Å². The first kappa shape index (κ1) is 34.8. The molecule has 0 bridgehead atoms. The third-order valence-corrected chi connectivity index (χ3v) is 14.7. The van der Waals surface area contributed by atoms with E-state index in [9.17, 15) is 0 Å². The average Bonchev–Trinajstić information content (AvgIpc) is 3.52. The summed E-state index contributed by atoms with van der Waals surface area (Å²) in [6.45, 7) is 4.79. The molecule has 0 heterocycles. The zero-order chi connectivity index (χ0) is 39.2. The van der Waals surface area contributed by atoms with Crippen LogP contribution >= 0.6 is 0 Å². The molecule has 0 saturated carbocycles. The third-order valence-electron chi connectivity index (χ3n) is 14.7. The van der Waals surface area contributed by atoms with Crippen molar-refractivity contribution in [3.05, 3.63) is 241 Å². The molecular formula is C59H48. The van der Waals surface area contributed by atoms with Gasteiger partial charge in [0.15, 0.2) is 0 Å². The summed E-state index contributed by atoms with van der Waals surface area (Å²) >= 11 is 0. The van der Waals surface area contributed by atoms with Crippen molar-refractivity contribution in [2.75, 3.05) is 0 Å². The van der Waals surface area contributed by atoms with E-state index in [-0.39, 0.29) is 17.3 Å². The molecule has 0 aliphatic heterocycles. The molecule has 12 rings (SSSR count). The van der Waals surface area contributed by atoms with Gasteiger partial charge in [0.25, 0.3) is 0 Å². The SMILES string of the molecule is CC1(C)c2ccccc2-c2ccc(C3=c4ccccc4=C(C4=CC=C(C5=c6ccccc6=C(c6ccc7c(c6)CCC=C7)C6C=CC=CC56)CC4)C4C=CC=CC34)cc21. The van der Waals surface area contributed by atoms with E-state index in [0.717, 1.165) is 25.7 Å². The molecule has 5 aromatic carbocycles. The number of aryl methyl sites for hydroxylation is 1. The fourth-order valence-electron chi connectivity index (χ4n) is 12.0. The summed E-state index contributed by atoms with van der Waals surface area (Å²) in [6.07, 6.45) is 32.9. The summed E-state index contributed by atoms with van der Waals surface area (Å²) in [7, 11) is 0. The predicted molar refractivity (Wildman–Crippen MR) is 247 cm³/mol. The maximum Gasteiger partial charge on any atom is 0.0159 e. The maximum atomic E-state index is 2.53. The van der Waals surface area contributed by atoms with E-state index < -0.39 is 0 Å². The molecule has 7 aliphatic rings. The van der Waals surface area contributed by atoms with Crippen molar-refractivity contribution < 1.29 is 0 Å². The number of hydrogen-bond acceptors (Lipinski definition) is 0. The first-order valence-electron chi connectivity index (χ1n) is 21.9. The van der Waals surface area contributed by atoms with Gasteiger partial charge in [-0.25, -0.2) is 0 Å². The molecule has 7 aliphatic carbocycles. The lowest BCUT2D eigenvalue weighted by Gasteiger charge is -2.36. The Kier molecular flexibility index (Phi) is 7.90. The Hall–Kier alpha value is -6.24. The van der Waals surface area contributed by atoms with Gasteiger partial charge in [-0.2, -0.15) is 0 Å². The minimum Gasteiger partial charge on any atom is -0.0836 e. The zero-order valence-corrected chi connectivity index (χ0v) is 34.0. The molecule has 0 amide bonds. The maximum absolute atomic E-state index is 2.53. The van der Waals surface area contributed by atoms with Crippen LogP contribution < -0.4 is 20.9 Å². The second-order valence-electron chi connectivity index (χ2n) is 18.1. The van der Waals surface area contributed by atoms with Crippen molar-refractivity contribution in [2.24, 2.45) is 23.7 Å². The second kappa shape index (κ2) is 13.4. The Bertz CT molecular complexity index is 3140. The molecule has 0 fully saturated rings. The second-order valence-corrected chi connectivity index (χ2v) is 18.1. The Morgan fingerprint density at radius 2 is 0.949 bits per heavy atom. The Balaban J connectivity index is 1.02. The van der Waals surface area contributed by atoms with E-state index in [4.69, 9.17) is 0 Å². The normalized spacial score (nSPS) is 23.7. The van der Waals surface area contributed by atoms with Crippen LogP contribution in [0.15, 0.2) is 187 Å². The topological polar surface area (TPSA) is 0 Å². The van der Waals surface area contributed by atoms with Gasteiger partial charge in [0.2, 0.25) is 0 Å². The van der Waals surface area contributed by atoms with Gasteiger partial charge in [-0.05, 0) is 131 Å². The Morgan fingerprint density at radius 1 is 0.458 bits per heavy atom. The van der Waals surface area contributed by atoms with E-state index in [1.165, 1.54) is 98.8 Å². The number of hydrogen-bond donors (Lipinski definition) is 0. The van der Waals surface area contributed by atoms with E-state index in [1.807, 2.05) is 0 Å². The fourth-order valence-corrected chi connectivity index (χ4v) is 12.0. The van der Waals surface area contributed by atoms with Gasteiger partial charge in [0.05, 0.1) is 0 Å². The summed E-state index contributed by atoms with van der Waals surface area (Å²) < 4.78 is 0. The molecule has 0 radical (unpaired) electrons. The quantitative estimate of drug-likeness (QED) is 0.171. The van der Waals surface area contributed by atoms with E-state index in [2.05, 4.69) is 196 Å². The number of rotatable bonds is 4. The summed E-state index contributed by atoms with van der Waals surface area (Å²) in [6, 6.07) is 42.0. The number of benzene rings is 5. The van der Waals surface area contributed by atoms with Crippen molar-refractivity contribution in [3.8, 4) is 11.1 Å². The van der Waals surface area contributed by atoms with E-state index in [1.54, 1.807) is 0 Å². The molecule has 0 saturated heterocycles. The van der Waals surface area contributed by atoms with Crippen molar-refractivity contribution in [3.63, 3.8) is 0 Å². The molecule has 0 nitrogen and oxygen atoms in total. The van der Waals surface area contributed by atoms with Gasteiger partial charge in [-0.1, -0.05) is 190 Å². The summed E-state index contributed by atoms with van der Waals surface area (Å²) in [5.74, 6) is 1.17. The lowest BCUT2D eigenvalue weighted by Crippen LogP contribution is -2.41.